The summed E-state index contributed by atoms with van der Waals surface area (Å²) < 4.78 is 0. The molecule has 0 saturated heterocycles. The molecule has 0 heterocycles. The maximum atomic E-state index is 11.7. The predicted molar refractivity (Wildman–Crippen MR) is 77.3 cm³/mol. The predicted octanol–water partition coefficient (Wildman–Crippen LogP) is 2.17. The second-order valence-electron chi connectivity index (χ2n) is 5.56. The Balaban J connectivity index is 2.31. The zero-order valence-corrected chi connectivity index (χ0v) is 12.3. The smallest absolute Gasteiger partial charge is 0.171 e. The Morgan fingerprint density at radius 2 is 2.05 bits per heavy atom. The number of carbonyl (C=O) groups excluding carboxylic acids is 2. The molecule has 0 aromatic carbocycles. The van der Waals surface area contributed by atoms with Gasteiger partial charge in [0.25, 0.3) is 0 Å². The summed E-state index contributed by atoms with van der Waals surface area (Å²) in [5.41, 5.74) is 0. The van der Waals surface area contributed by atoms with E-state index in [2.05, 4.69) is 6.92 Å². The molecular weight excluding hydrogens is 256 g/mol. The molecule has 0 aliphatic heterocycles. The summed E-state index contributed by atoms with van der Waals surface area (Å²) in [7, 11) is 0. The van der Waals surface area contributed by atoms with E-state index in [0.29, 0.717) is 12.8 Å². The number of unbranched alkanes of at least 4 members (excludes halogenated alkanes) is 3. The van der Waals surface area contributed by atoms with Crippen LogP contribution in [0.5, 0.6) is 0 Å². The fraction of sp³-hybridized carbons (Fsp3) is 0.750. The molecule has 2 N–H and O–H groups in total. The van der Waals surface area contributed by atoms with Gasteiger partial charge in [-0.3, -0.25) is 9.59 Å². The molecular formula is C16H26O4. The first kappa shape index (κ1) is 17.1. The topological polar surface area (TPSA) is 74.6 Å². The van der Waals surface area contributed by atoms with Crippen molar-refractivity contribution < 1.29 is 19.8 Å². The third-order valence-corrected chi connectivity index (χ3v) is 3.81. The first-order valence-electron chi connectivity index (χ1n) is 7.65. The summed E-state index contributed by atoms with van der Waals surface area (Å²) in [6.07, 6.45) is 7.83. The lowest BCUT2D eigenvalue weighted by atomic mass is 9.82. The fourth-order valence-corrected chi connectivity index (χ4v) is 2.48. The summed E-state index contributed by atoms with van der Waals surface area (Å²) in [5, 5.41) is 19.2. The van der Waals surface area contributed by atoms with E-state index in [1.807, 2.05) is 0 Å². The number of hydrogen-bond acceptors (Lipinski definition) is 4. The number of allylic oxidation sites excluding steroid dienone is 1. The molecule has 4 heteroatoms. The monoisotopic (exact) mass is 282 g/mol. The second kappa shape index (κ2) is 9.03. The molecule has 1 aliphatic rings. The first-order chi connectivity index (χ1) is 9.56. The Bertz CT molecular complexity index is 348. The van der Waals surface area contributed by atoms with Gasteiger partial charge in [0.1, 0.15) is 11.9 Å². The van der Waals surface area contributed by atoms with Gasteiger partial charge in [-0.05, 0) is 19.3 Å². The third-order valence-electron chi connectivity index (χ3n) is 3.81. The van der Waals surface area contributed by atoms with Crippen LogP contribution in [0.15, 0.2) is 12.2 Å². The van der Waals surface area contributed by atoms with Crippen molar-refractivity contribution in [1.29, 1.82) is 0 Å². The number of Topliss-reactive ketones (excluding diaryl/α,β-unsaturated/α-hetero) is 2. The van der Waals surface area contributed by atoms with Gasteiger partial charge in [0.05, 0.1) is 12.0 Å². The van der Waals surface area contributed by atoms with Crippen LogP contribution in [-0.2, 0) is 9.59 Å². The number of carbonyl (C=O) groups is 2. The van der Waals surface area contributed by atoms with Crippen LogP contribution in [0.3, 0.4) is 0 Å². The molecule has 1 rings (SSSR count). The van der Waals surface area contributed by atoms with E-state index in [4.69, 9.17) is 0 Å². The Kier molecular flexibility index (Phi) is 7.70. The fourth-order valence-electron chi connectivity index (χ4n) is 2.48. The van der Waals surface area contributed by atoms with Crippen LogP contribution in [0.25, 0.3) is 0 Å². The number of ketones is 2. The largest absolute Gasteiger partial charge is 0.389 e. The van der Waals surface area contributed by atoms with Crippen molar-refractivity contribution in [3.8, 4) is 0 Å². The van der Waals surface area contributed by atoms with E-state index >= 15 is 0 Å². The summed E-state index contributed by atoms with van der Waals surface area (Å²) in [4.78, 5) is 23.3. The van der Waals surface area contributed by atoms with Crippen LogP contribution in [0.1, 0.15) is 58.3 Å². The normalized spacial score (nSPS) is 25.4. The second-order valence-corrected chi connectivity index (χ2v) is 5.56. The highest BCUT2D eigenvalue weighted by atomic mass is 16.3. The van der Waals surface area contributed by atoms with Crippen LogP contribution in [0, 0.1) is 5.92 Å². The van der Waals surface area contributed by atoms with E-state index in [-0.39, 0.29) is 24.4 Å². The number of hydrogen-bond donors (Lipinski definition) is 2. The quantitative estimate of drug-likeness (QED) is 0.406. The highest BCUT2D eigenvalue weighted by Gasteiger charge is 2.34. The molecule has 3 atom stereocenters. The van der Waals surface area contributed by atoms with Gasteiger partial charge in [-0.15, -0.1) is 0 Å². The minimum absolute atomic E-state index is 0.0950. The Morgan fingerprint density at radius 1 is 1.30 bits per heavy atom. The van der Waals surface area contributed by atoms with E-state index in [1.165, 1.54) is 12.8 Å². The van der Waals surface area contributed by atoms with Crippen molar-refractivity contribution in [2.75, 3.05) is 0 Å². The molecule has 4 nitrogen and oxygen atoms in total. The Morgan fingerprint density at radius 3 is 2.75 bits per heavy atom. The van der Waals surface area contributed by atoms with Gasteiger partial charge in [0, 0.05) is 6.42 Å². The maximum Gasteiger partial charge on any atom is 0.171 e. The lowest BCUT2D eigenvalue weighted by molar-refractivity contribution is -0.142. The highest BCUT2D eigenvalue weighted by molar-refractivity contribution is 6.06. The molecule has 0 aromatic rings. The van der Waals surface area contributed by atoms with Crippen molar-refractivity contribution >= 4 is 11.6 Å². The molecule has 1 saturated carbocycles. The lowest BCUT2D eigenvalue weighted by Crippen LogP contribution is -2.38. The molecule has 0 aromatic heterocycles. The third kappa shape index (κ3) is 5.55. The molecule has 20 heavy (non-hydrogen) atoms. The van der Waals surface area contributed by atoms with Gasteiger partial charge in [0.2, 0.25) is 0 Å². The molecule has 0 bridgehead atoms. The molecule has 1 fully saturated rings. The van der Waals surface area contributed by atoms with Crippen LogP contribution in [0.4, 0.5) is 0 Å². The van der Waals surface area contributed by atoms with Crippen LogP contribution >= 0.6 is 0 Å². The lowest BCUT2D eigenvalue weighted by Gasteiger charge is -2.22. The first-order valence-corrected chi connectivity index (χ1v) is 7.65. The highest BCUT2D eigenvalue weighted by Crippen LogP contribution is 2.21. The van der Waals surface area contributed by atoms with Crippen molar-refractivity contribution in [3.63, 3.8) is 0 Å². The van der Waals surface area contributed by atoms with E-state index in [1.54, 1.807) is 12.2 Å². The summed E-state index contributed by atoms with van der Waals surface area (Å²) >= 11 is 0. The molecule has 0 spiro atoms. The van der Waals surface area contributed by atoms with Gasteiger partial charge in [-0.25, -0.2) is 0 Å². The summed E-state index contributed by atoms with van der Waals surface area (Å²) in [5.74, 6) is -1.19. The van der Waals surface area contributed by atoms with Gasteiger partial charge in [-0.1, -0.05) is 44.8 Å². The Hall–Kier alpha value is -1.00. The molecule has 114 valence electrons. The van der Waals surface area contributed by atoms with Gasteiger partial charge in [-0.2, -0.15) is 0 Å². The molecule has 0 amide bonds. The maximum absolute atomic E-state index is 11.7. The van der Waals surface area contributed by atoms with E-state index in [0.717, 1.165) is 12.8 Å². The van der Waals surface area contributed by atoms with Crippen molar-refractivity contribution in [1.82, 2.24) is 0 Å². The minimum atomic E-state index is -0.995. The van der Waals surface area contributed by atoms with Crippen LogP contribution in [0.2, 0.25) is 0 Å². The van der Waals surface area contributed by atoms with Crippen molar-refractivity contribution in [2.45, 2.75) is 70.5 Å². The molecule has 0 radical (unpaired) electrons. The number of aliphatic hydroxyl groups is 2. The van der Waals surface area contributed by atoms with Gasteiger partial charge >= 0.3 is 0 Å². The van der Waals surface area contributed by atoms with E-state index in [9.17, 15) is 19.8 Å². The Labute approximate surface area is 120 Å². The van der Waals surface area contributed by atoms with Crippen LogP contribution < -0.4 is 0 Å². The molecule has 1 aliphatic carbocycles. The zero-order valence-electron chi connectivity index (χ0n) is 12.3. The minimum Gasteiger partial charge on any atom is -0.389 e. The van der Waals surface area contributed by atoms with Crippen molar-refractivity contribution in [3.05, 3.63) is 12.2 Å². The standard InChI is InChI=1S/C16H26O4/c1-2-3-4-5-7-12(17)8-6-9-13-14(18)10-11-15(19)16(13)20/h6,8,12-13,15,17,19H,2-5,7,9-11H2,1H3/b8-6+/t12-,13?,15-/m0/s1. The van der Waals surface area contributed by atoms with Crippen molar-refractivity contribution in [2.24, 2.45) is 5.92 Å². The average Bonchev–Trinajstić information content (AvgIpc) is 2.43. The van der Waals surface area contributed by atoms with Gasteiger partial charge < -0.3 is 10.2 Å². The SMILES string of the molecule is CCCCCC[C@H](O)/C=C/CC1C(=O)CC[C@H](O)C1=O. The summed E-state index contributed by atoms with van der Waals surface area (Å²) in [6, 6.07) is 0. The van der Waals surface area contributed by atoms with E-state index < -0.39 is 18.1 Å². The summed E-state index contributed by atoms with van der Waals surface area (Å²) in [6.45, 7) is 2.14. The van der Waals surface area contributed by atoms with Gasteiger partial charge in [0.15, 0.2) is 5.78 Å². The van der Waals surface area contributed by atoms with Crippen LogP contribution in [-0.4, -0.2) is 34.0 Å². The zero-order chi connectivity index (χ0) is 15.0. The number of aliphatic hydroxyl groups excluding tert-OH is 2. The average molecular weight is 282 g/mol. The molecule has 1 unspecified atom stereocenters. The number of rotatable bonds is 8.